The van der Waals surface area contributed by atoms with Crippen LogP contribution in [0.3, 0.4) is 0 Å². The number of hydrogen-bond acceptors (Lipinski definition) is 4. The van der Waals surface area contributed by atoms with Gasteiger partial charge < -0.3 is 9.47 Å². The van der Waals surface area contributed by atoms with Crippen molar-refractivity contribution in [2.75, 3.05) is 6.61 Å². The van der Waals surface area contributed by atoms with E-state index in [1.165, 1.54) is 0 Å². The van der Waals surface area contributed by atoms with Gasteiger partial charge >= 0.3 is 11.9 Å². The average Bonchev–Trinajstić information content (AvgIpc) is 2.96. The normalized spacial score (nSPS) is 16.2. The minimum Gasteiger partial charge on any atom is -0.462 e. The zero-order chi connectivity index (χ0) is 12.2. The van der Waals surface area contributed by atoms with Gasteiger partial charge in [0.05, 0.1) is 18.6 Å². The van der Waals surface area contributed by atoms with Crippen molar-refractivity contribution in [3.63, 3.8) is 0 Å². The lowest BCUT2D eigenvalue weighted by molar-refractivity contribution is -0.141. The van der Waals surface area contributed by atoms with Crippen molar-refractivity contribution in [3.05, 3.63) is 12.3 Å². The van der Waals surface area contributed by atoms with Crippen molar-refractivity contribution in [1.29, 1.82) is 0 Å². The van der Waals surface area contributed by atoms with E-state index < -0.39 is 5.97 Å². The molecule has 0 aliphatic heterocycles. The Labute approximate surface area is 95.6 Å². The maximum Gasteiger partial charge on any atom is 0.333 e. The summed E-state index contributed by atoms with van der Waals surface area (Å²) >= 11 is 0. The quantitative estimate of drug-likeness (QED) is 0.418. The molecule has 0 aromatic carbocycles. The number of ether oxygens (including phenoxy) is 2. The Morgan fingerprint density at radius 1 is 1.31 bits per heavy atom. The summed E-state index contributed by atoms with van der Waals surface area (Å²) < 4.78 is 9.70. The van der Waals surface area contributed by atoms with E-state index in [1.54, 1.807) is 0 Å². The molecule has 16 heavy (non-hydrogen) atoms. The van der Waals surface area contributed by atoms with Crippen LogP contribution in [-0.4, -0.2) is 18.5 Å². The minimum absolute atomic E-state index is 0.0373. The Bertz CT molecular complexity index is 295. The number of hydrogen-bond donors (Lipinski definition) is 0. The molecule has 90 valence electrons. The van der Waals surface area contributed by atoms with Crippen molar-refractivity contribution in [2.45, 2.75) is 33.6 Å². The summed E-state index contributed by atoms with van der Waals surface area (Å²) in [5.74, 6) is -0.714. The third kappa shape index (κ3) is 5.53. The fraction of sp³-hybridized carbons (Fsp3) is 0.667. The first kappa shape index (κ1) is 12.7. The lowest BCUT2D eigenvalue weighted by atomic mass is 9.99. The molecule has 1 aliphatic rings. The van der Waals surface area contributed by atoms with Crippen LogP contribution >= 0.6 is 0 Å². The number of esters is 2. The van der Waals surface area contributed by atoms with E-state index in [0.717, 1.165) is 25.2 Å². The fourth-order valence-electron chi connectivity index (χ4n) is 0.908. The van der Waals surface area contributed by atoms with Crippen LogP contribution in [0.1, 0.15) is 33.6 Å². The predicted octanol–water partition coefficient (Wildman–Crippen LogP) is 2.04. The summed E-state index contributed by atoms with van der Waals surface area (Å²) in [5, 5.41) is 0. The summed E-state index contributed by atoms with van der Waals surface area (Å²) in [4.78, 5) is 22.2. The van der Waals surface area contributed by atoms with Gasteiger partial charge in [-0.1, -0.05) is 20.8 Å². The Balaban J connectivity index is 2.17. The van der Waals surface area contributed by atoms with Crippen LogP contribution in [0.15, 0.2) is 12.3 Å². The van der Waals surface area contributed by atoms with Gasteiger partial charge in [0.15, 0.2) is 0 Å². The molecule has 4 heteroatoms. The van der Waals surface area contributed by atoms with E-state index in [4.69, 9.17) is 9.47 Å². The second-order valence-electron chi connectivity index (χ2n) is 5.18. The van der Waals surface area contributed by atoms with E-state index in [2.05, 4.69) is 0 Å². The van der Waals surface area contributed by atoms with Crippen LogP contribution in [-0.2, 0) is 19.1 Å². The van der Waals surface area contributed by atoms with Gasteiger partial charge in [-0.25, -0.2) is 4.79 Å². The first-order chi connectivity index (χ1) is 7.38. The Morgan fingerprint density at radius 3 is 2.44 bits per heavy atom. The smallest absolute Gasteiger partial charge is 0.333 e. The lowest BCUT2D eigenvalue weighted by Crippen LogP contribution is -2.17. The third-order valence-electron chi connectivity index (χ3n) is 1.95. The molecule has 0 amide bonds. The van der Waals surface area contributed by atoms with Crippen molar-refractivity contribution in [2.24, 2.45) is 11.3 Å². The highest BCUT2D eigenvalue weighted by atomic mass is 16.5. The van der Waals surface area contributed by atoms with E-state index in [-0.39, 0.29) is 17.3 Å². The van der Waals surface area contributed by atoms with E-state index in [0.29, 0.717) is 6.61 Å². The minimum atomic E-state index is -0.487. The molecule has 1 saturated carbocycles. The molecule has 0 aromatic heterocycles. The van der Waals surface area contributed by atoms with Crippen LogP contribution in [0.2, 0.25) is 0 Å². The Morgan fingerprint density at radius 2 is 1.94 bits per heavy atom. The molecule has 1 aliphatic carbocycles. The molecule has 0 heterocycles. The highest BCUT2D eigenvalue weighted by Crippen LogP contribution is 2.30. The summed E-state index contributed by atoms with van der Waals surface area (Å²) in [6.45, 7) is 6.25. The largest absolute Gasteiger partial charge is 0.462 e. The van der Waals surface area contributed by atoms with Crippen LogP contribution in [0.25, 0.3) is 0 Å². The average molecular weight is 226 g/mol. The molecule has 1 rings (SSSR count). The molecule has 0 bridgehead atoms. The van der Waals surface area contributed by atoms with E-state index in [1.807, 2.05) is 20.8 Å². The van der Waals surface area contributed by atoms with Gasteiger partial charge in [0, 0.05) is 0 Å². The van der Waals surface area contributed by atoms with Crippen LogP contribution in [0.5, 0.6) is 0 Å². The Kier molecular flexibility index (Phi) is 4.10. The van der Waals surface area contributed by atoms with Crippen LogP contribution in [0, 0.1) is 11.3 Å². The van der Waals surface area contributed by atoms with Crippen molar-refractivity contribution in [3.8, 4) is 0 Å². The monoisotopic (exact) mass is 226 g/mol. The van der Waals surface area contributed by atoms with Gasteiger partial charge in [-0.2, -0.15) is 0 Å². The van der Waals surface area contributed by atoms with Gasteiger partial charge in [-0.3, -0.25) is 4.79 Å². The molecule has 0 radical (unpaired) electrons. The molecule has 0 unspecified atom stereocenters. The fourth-order valence-corrected chi connectivity index (χ4v) is 0.908. The molecule has 0 N–H and O–H groups in total. The van der Waals surface area contributed by atoms with Gasteiger partial charge in [-0.05, 0) is 18.3 Å². The van der Waals surface area contributed by atoms with Gasteiger partial charge in [-0.15, -0.1) is 0 Å². The van der Waals surface area contributed by atoms with Crippen molar-refractivity contribution >= 4 is 11.9 Å². The first-order valence-corrected chi connectivity index (χ1v) is 5.42. The molecule has 0 aromatic rings. The third-order valence-corrected chi connectivity index (χ3v) is 1.95. The molecular weight excluding hydrogens is 208 g/mol. The number of carbonyl (C=O) groups is 2. The number of rotatable bonds is 4. The van der Waals surface area contributed by atoms with E-state index >= 15 is 0 Å². The van der Waals surface area contributed by atoms with Gasteiger partial charge in [0.1, 0.15) is 6.26 Å². The number of carbonyl (C=O) groups excluding carboxylic acids is 2. The molecule has 1 fully saturated rings. The molecule has 0 saturated heterocycles. The highest BCUT2D eigenvalue weighted by molar-refractivity contribution is 5.82. The summed E-state index contributed by atoms with van der Waals surface area (Å²) in [6.07, 6.45) is 4.01. The van der Waals surface area contributed by atoms with Crippen molar-refractivity contribution in [1.82, 2.24) is 0 Å². The second kappa shape index (κ2) is 5.14. The van der Waals surface area contributed by atoms with Gasteiger partial charge in [0.2, 0.25) is 0 Å². The van der Waals surface area contributed by atoms with Crippen molar-refractivity contribution < 1.29 is 19.1 Å². The second-order valence-corrected chi connectivity index (χ2v) is 5.18. The molecule has 0 atom stereocenters. The molecule has 4 nitrogen and oxygen atoms in total. The predicted molar refractivity (Wildman–Crippen MR) is 58.4 cm³/mol. The SMILES string of the molecule is CC(C)(C)COC(=O)/C=C/OC(=O)C1CC1. The van der Waals surface area contributed by atoms with E-state index in [9.17, 15) is 9.59 Å². The van der Waals surface area contributed by atoms with Gasteiger partial charge in [0.25, 0.3) is 0 Å². The molecular formula is C12H18O4. The first-order valence-electron chi connectivity index (χ1n) is 5.42. The molecule has 0 spiro atoms. The maximum absolute atomic E-state index is 11.2. The van der Waals surface area contributed by atoms with Crippen LogP contribution < -0.4 is 0 Å². The zero-order valence-electron chi connectivity index (χ0n) is 9.99. The summed E-state index contributed by atoms with van der Waals surface area (Å²) in [6, 6.07) is 0. The lowest BCUT2D eigenvalue weighted by Gasteiger charge is -2.16. The standard InChI is InChI=1S/C12H18O4/c1-12(2,3)8-16-10(13)6-7-15-11(14)9-4-5-9/h6-7,9H,4-5,8H2,1-3H3/b7-6+. The highest BCUT2D eigenvalue weighted by Gasteiger charge is 2.30. The van der Waals surface area contributed by atoms with Crippen LogP contribution in [0.4, 0.5) is 0 Å². The summed E-state index contributed by atoms with van der Waals surface area (Å²) in [5.41, 5.74) is -0.0613. The topological polar surface area (TPSA) is 52.6 Å². The summed E-state index contributed by atoms with van der Waals surface area (Å²) in [7, 11) is 0. The zero-order valence-corrected chi connectivity index (χ0v) is 9.99. The maximum atomic E-state index is 11.2. The Hall–Kier alpha value is -1.32.